The van der Waals surface area contributed by atoms with Gasteiger partial charge in [0, 0.05) is 24.8 Å². The Bertz CT molecular complexity index is 342. The number of rotatable bonds is 1. The maximum Gasteiger partial charge on any atom is 0.407 e. The molecule has 1 aromatic rings. The number of aromatic nitrogens is 2. The molecule has 68 valence electrons. The summed E-state index contributed by atoms with van der Waals surface area (Å²) in [6.07, 6.45) is 4.47. The van der Waals surface area contributed by atoms with Gasteiger partial charge in [-0.1, -0.05) is 6.08 Å². The predicted molar refractivity (Wildman–Crippen MR) is 46.2 cm³/mol. The second kappa shape index (κ2) is 2.93. The van der Waals surface area contributed by atoms with Crippen LogP contribution >= 0.6 is 0 Å². The molecule has 0 saturated heterocycles. The molecule has 0 radical (unpaired) electrons. The summed E-state index contributed by atoms with van der Waals surface area (Å²) < 4.78 is 0. The van der Waals surface area contributed by atoms with Crippen molar-refractivity contribution in [3.05, 3.63) is 24.0 Å². The summed E-state index contributed by atoms with van der Waals surface area (Å²) in [6.45, 7) is 0.921. The number of carboxylic acid groups (broad SMARTS) is 1. The molecular weight excluding hydrogens is 170 g/mol. The van der Waals surface area contributed by atoms with Crippen LogP contribution in [0, 0.1) is 0 Å². The van der Waals surface area contributed by atoms with Gasteiger partial charge in [-0.3, -0.25) is 5.10 Å². The summed E-state index contributed by atoms with van der Waals surface area (Å²) in [4.78, 5) is 11.9. The van der Waals surface area contributed by atoms with Crippen molar-refractivity contribution in [2.24, 2.45) is 0 Å². The Balaban J connectivity index is 2.10. The molecule has 0 saturated carbocycles. The number of nitrogens with zero attached hydrogens (tertiary/aromatic N) is 2. The van der Waals surface area contributed by atoms with Crippen LogP contribution in [0.25, 0.3) is 5.57 Å². The molecule has 0 aliphatic carbocycles. The Kier molecular flexibility index (Phi) is 1.77. The maximum atomic E-state index is 10.6. The molecule has 1 aliphatic heterocycles. The zero-order valence-electron chi connectivity index (χ0n) is 6.90. The minimum Gasteiger partial charge on any atom is -0.465 e. The molecule has 5 heteroatoms. The fourth-order valence-corrected chi connectivity index (χ4v) is 1.34. The maximum absolute atomic E-state index is 10.6. The zero-order chi connectivity index (χ0) is 9.26. The van der Waals surface area contributed by atoms with Gasteiger partial charge in [0.25, 0.3) is 0 Å². The largest absolute Gasteiger partial charge is 0.465 e. The highest BCUT2D eigenvalue weighted by atomic mass is 16.4. The first kappa shape index (κ1) is 7.85. The number of H-pyrrole nitrogens is 1. The molecule has 0 spiro atoms. The van der Waals surface area contributed by atoms with Gasteiger partial charge >= 0.3 is 6.09 Å². The molecular formula is C8H9N3O2. The molecule has 13 heavy (non-hydrogen) atoms. The standard InChI is InChI=1S/C8H9N3O2/c12-8(13)11-2-1-6(5-11)7-3-9-10-4-7/h1,3-4H,2,5H2,(H,9,10)(H,12,13). The topological polar surface area (TPSA) is 69.2 Å². The van der Waals surface area contributed by atoms with E-state index >= 15 is 0 Å². The number of hydrogen-bond acceptors (Lipinski definition) is 2. The first-order valence-electron chi connectivity index (χ1n) is 3.93. The Labute approximate surface area is 74.7 Å². The molecule has 0 unspecified atom stereocenters. The van der Waals surface area contributed by atoms with E-state index in [4.69, 9.17) is 5.11 Å². The van der Waals surface area contributed by atoms with Crippen LogP contribution in [0.5, 0.6) is 0 Å². The summed E-state index contributed by atoms with van der Waals surface area (Å²) in [6, 6.07) is 0. The van der Waals surface area contributed by atoms with Gasteiger partial charge in [0.05, 0.1) is 6.20 Å². The molecule has 5 nitrogen and oxygen atoms in total. The van der Waals surface area contributed by atoms with Crippen molar-refractivity contribution in [3.8, 4) is 0 Å². The van der Waals surface area contributed by atoms with E-state index in [0.29, 0.717) is 13.1 Å². The third-order valence-electron chi connectivity index (χ3n) is 2.06. The summed E-state index contributed by atoms with van der Waals surface area (Å²) >= 11 is 0. The van der Waals surface area contributed by atoms with E-state index in [9.17, 15) is 4.79 Å². The van der Waals surface area contributed by atoms with Gasteiger partial charge in [-0.25, -0.2) is 4.79 Å². The van der Waals surface area contributed by atoms with E-state index in [1.807, 2.05) is 6.08 Å². The van der Waals surface area contributed by atoms with Crippen LogP contribution in [0.1, 0.15) is 5.56 Å². The van der Waals surface area contributed by atoms with Crippen molar-refractivity contribution in [1.82, 2.24) is 15.1 Å². The number of hydrogen-bond donors (Lipinski definition) is 2. The van der Waals surface area contributed by atoms with Gasteiger partial charge in [-0.05, 0) is 5.57 Å². The van der Waals surface area contributed by atoms with Crippen LogP contribution in [0.2, 0.25) is 0 Å². The number of amides is 1. The highest BCUT2D eigenvalue weighted by molar-refractivity contribution is 5.75. The average Bonchev–Trinajstić information content (AvgIpc) is 2.75. The van der Waals surface area contributed by atoms with Gasteiger partial charge < -0.3 is 10.0 Å². The van der Waals surface area contributed by atoms with E-state index in [1.165, 1.54) is 4.90 Å². The molecule has 2 heterocycles. The van der Waals surface area contributed by atoms with E-state index in [-0.39, 0.29) is 0 Å². The van der Waals surface area contributed by atoms with Crippen molar-refractivity contribution in [2.75, 3.05) is 13.1 Å². The molecule has 2 N–H and O–H groups in total. The first-order valence-corrected chi connectivity index (χ1v) is 3.93. The van der Waals surface area contributed by atoms with Crippen LogP contribution in [0.15, 0.2) is 18.5 Å². The summed E-state index contributed by atoms with van der Waals surface area (Å²) in [5.41, 5.74) is 1.97. The van der Waals surface area contributed by atoms with Crippen molar-refractivity contribution in [1.29, 1.82) is 0 Å². The third kappa shape index (κ3) is 1.40. The van der Waals surface area contributed by atoms with Gasteiger partial charge in [0.1, 0.15) is 0 Å². The Morgan fingerprint density at radius 2 is 2.54 bits per heavy atom. The second-order valence-corrected chi connectivity index (χ2v) is 2.88. The number of nitrogens with one attached hydrogen (secondary N) is 1. The van der Waals surface area contributed by atoms with E-state index in [0.717, 1.165) is 11.1 Å². The van der Waals surface area contributed by atoms with E-state index in [1.54, 1.807) is 12.4 Å². The van der Waals surface area contributed by atoms with Gasteiger partial charge in [-0.15, -0.1) is 0 Å². The van der Waals surface area contributed by atoms with Gasteiger partial charge in [0.2, 0.25) is 0 Å². The molecule has 0 atom stereocenters. The quantitative estimate of drug-likeness (QED) is 0.669. The van der Waals surface area contributed by atoms with Crippen LogP contribution in [0.4, 0.5) is 4.79 Å². The van der Waals surface area contributed by atoms with Gasteiger partial charge in [-0.2, -0.15) is 5.10 Å². The summed E-state index contributed by atoms with van der Waals surface area (Å²) in [5.74, 6) is 0. The summed E-state index contributed by atoms with van der Waals surface area (Å²) in [7, 11) is 0. The highest BCUT2D eigenvalue weighted by Crippen LogP contribution is 2.19. The normalized spacial score (nSPS) is 16.0. The van der Waals surface area contributed by atoms with E-state index < -0.39 is 6.09 Å². The van der Waals surface area contributed by atoms with Crippen LogP contribution in [-0.4, -0.2) is 39.4 Å². The lowest BCUT2D eigenvalue weighted by molar-refractivity contribution is 0.158. The summed E-state index contributed by atoms with van der Waals surface area (Å²) in [5, 5.41) is 15.2. The minimum absolute atomic E-state index is 0.453. The molecule has 1 aliphatic rings. The molecule has 0 fully saturated rings. The SMILES string of the molecule is O=C(O)N1CC=C(c2cn[nH]c2)C1. The van der Waals surface area contributed by atoms with Crippen LogP contribution < -0.4 is 0 Å². The minimum atomic E-state index is -0.880. The molecule has 2 rings (SSSR count). The Morgan fingerprint density at radius 1 is 1.69 bits per heavy atom. The lowest BCUT2D eigenvalue weighted by atomic mass is 10.1. The predicted octanol–water partition coefficient (Wildman–Crippen LogP) is 0.787. The first-order chi connectivity index (χ1) is 6.27. The van der Waals surface area contributed by atoms with Crippen LogP contribution in [-0.2, 0) is 0 Å². The Hall–Kier alpha value is -1.78. The average molecular weight is 179 g/mol. The Morgan fingerprint density at radius 3 is 3.08 bits per heavy atom. The van der Waals surface area contributed by atoms with Crippen molar-refractivity contribution in [2.45, 2.75) is 0 Å². The van der Waals surface area contributed by atoms with Crippen molar-refractivity contribution < 1.29 is 9.90 Å². The lowest BCUT2D eigenvalue weighted by Crippen LogP contribution is -2.26. The molecule has 0 bridgehead atoms. The molecule has 1 aromatic heterocycles. The number of aromatic amines is 1. The second-order valence-electron chi connectivity index (χ2n) is 2.88. The number of carbonyl (C=O) groups is 1. The molecule has 0 aromatic carbocycles. The van der Waals surface area contributed by atoms with Gasteiger partial charge in [0.15, 0.2) is 0 Å². The zero-order valence-corrected chi connectivity index (χ0v) is 6.90. The fraction of sp³-hybridized carbons (Fsp3) is 0.250. The highest BCUT2D eigenvalue weighted by Gasteiger charge is 2.19. The van der Waals surface area contributed by atoms with Crippen molar-refractivity contribution >= 4 is 11.7 Å². The monoisotopic (exact) mass is 179 g/mol. The van der Waals surface area contributed by atoms with Crippen molar-refractivity contribution in [3.63, 3.8) is 0 Å². The van der Waals surface area contributed by atoms with Crippen LogP contribution in [0.3, 0.4) is 0 Å². The third-order valence-corrected chi connectivity index (χ3v) is 2.06. The van der Waals surface area contributed by atoms with E-state index in [2.05, 4.69) is 10.2 Å². The smallest absolute Gasteiger partial charge is 0.407 e. The fourth-order valence-electron chi connectivity index (χ4n) is 1.34. The lowest BCUT2D eigenvalue weighted by Gasteiger charge is -2.10. The molecule has 1 amide bonds.